The molecule has 1 aromatic rings. The standard InChI is InChI=1S/C15H22N2O4.K/c1-10(12-4-6-13(21-3)7-5-12)8-9-16-15(20)17-11(2)14(18)19;/h4-7,10-11H,8-9H2,1-3H3,(H,18,19)(H2,16,17,20);/q;+1/p-1/t10?,11-;/m1./s1. The van der Waals surface area contributed by atoms with Crippen LogP contribution in [0, 0.1) is 0 Å². The van der Waals surface area contributed by atoms with Crippen molar-refractivity contribution >= 4 is 12.0 Å². The second kappa shape index (κ2) is 11.0. The van der Waals surface area contributed by atoms with E-state index in [-0.39, 0.29) is 57.3 Å². The fraction of sp³-hybridized carbons (Fsp3) is 0.467. The topological polar surface area (TPSA) is 90.5 Å². The minimum atomic E-state index is -1.31. The summed E-state index contributed by atoms with van der Waals surface area (Å²) < 4.78 is 5.10. The zero-order valence-corrected chi connectivity index (χ0v) is 16.6. The first-order chi connectivity index (χ1) is 9.93. The van der Waals surface area contributed by atoms with E-state index in [0.29, 0.717) is 6.54 Å². The van der Waals surface area contributed by atoms with Gasteiger partial charge in [-0.3, -0.25) is 0 Å². The predicted octanol–water partition coefficient (Wildman–Crippen LogP) is -2.37. The second-order valence-electron chi connectivity index (χ2n) is 4.90. The number of benzene rings is 1. The third kappa shape index (κ3) is 7.60. The Balaban J connectivity index is 0.00000441. The number of urea groups is 1. The molecule has 22 heavy (non-hydrogen) atoms. The molecule has 1 aromatic carbocycles. The van der Waals surface area contributed by atoms with Gasteiger partial charge in [0.05, 0.1) is 19.1 Å². The van der Waals surface area contributed by atoms with Crippen LogP contribution in [0.1, 0.15) is 31.7 Å². The van der Waals surface area contributed by atoms with Gasteiger partial charge in [0, 0.05) is 6.54 Å². The van der Waals surface area contributed by atoms with Crippen LogP contribution in [0.15, 0.2) is 24.3 Å². The summed E-state index contributed by atoms with van der Waals surface area (Å²) in [6.07, 6.45) is 0.749. The molecule has 0 fully saturated rings. The second-order valence-corrected chi connectivity index (χ2v) is 4.90. The van der Waals surface area contributed by atoms with Gasteiger partial charge < -0.3 is 25.3 Å². The number of hydrogen-bond acceptors (Lipinski definition) is 4. The number of ether oxygens (including phenoxy) is 1. The van der Waals surface area contributed by atoms with Crippen molar-refractivity contribution in [3.8, 4) is 5.75 Å². The van der Waals surface area contributed by atoms with E-state index in [1.807, 2.05) is 24.3 Å². The Morgan fingerprint density at radius 1 is 1.23 bits per heavy atom. The Kier molecular flexibility index (Phi) is 10.7. The van der Waals surface area contributed by atoms with Gasteiger partial charge in [0.15, 0.2) is 0 Å². The van der Waals surface area contributed by atoms with Crippen molar-refractivity contribution in [3.05, 3.63) is 29.8 Å². The average molecular weight is 332 g/mol. The summed E-state index contributed by atoms with van der Waals surface area (Å²) in [6.45, 7) is 3.87. The minimum Gasteiger partial charge on any atom is -0.548 e. The van der Waals surface area contributed by atoms with Crippen LogP contribution < -0.4 is 71.9 Å². The number of hydrogen-bond donors (Lipinski definition) is 2. The molecule has 1 unspecified atom stereocenters. The van der Waals surface area contributed by atoms with Crippen molar-refractivity contribution in [2.24, 2.45) is 0 Å². The quantitative estimate of drug-likeness (QED) is 0.546. The van der Waals surface area contributed by atoms with Gasteiger partial charge in [-0.1, -0.05) is 19.1 Å². The van der Waals surface area contributed by atoms with Gasteiger partial charge in [-0.2, -0.15) is 0 Å². The minimum absolute atomic E-state index is 0. The largest absolute Gasteiger partial charge is 1.00 e. The normalized spacial score (nSPS) is 12.5. The maximum atomic E-state index is 11.4. The Hall–Kier alpha value is -0.604. The molecule has 0 radical (unpaired) electrons. The maximum absolute atomic E-state index is 11.4. The predicted molar refractivity (Wildman–Crippen MR) is 77.0 cm³/mol. The van der Waals surface area contributed by atoms with Crippen molar-refractivity contribution in [2.45, 2.75) is 32.2 Å². The SMILES string of the molecule is COc1ccc(C(C)CCNC(=O)N[C@H](C)C(=O)[O-])cc1.[K+]. The van der Waals surface area contributed by atoms with Gasteiger partial charge in [-0.15, -0.1) is 0 Å². The van der Waals surface area contributed by atoms with Gasteiger partial charge in [-0.25, -0.2) is 4.79 Å². The molecule has 0 aliphatic carbocycles. The van der Waals surface area contributed by atoms with Crippen LogP contribution in [0.2, 0.25) is 0 Å². The van der Waals surface area contributed by atoms with Crippen LogP contribution in [0.5, 0.6) is 5.75 Å². The number of rotatable bonds is 7. The van der Waals surface area contributed by atoms with Gasteiger partial charge in [0.25, 0.3) is 0 Å². The van der Waals surface area contributed by atoms with Crippen LogP contribution in [0.3, 0.4) is 0 Å². The summed E-state index contributed by atoms with van der Waals surface area (Å²) in [5, 5.41) is 15.4. The molecule has 0 saturated carbocycles. The molecule has 6 nitrogen and oxygen atoms in total. The zero-order valence-electron chi connectivity index (χ0n) is 13.5. The molecule has 0 bridgehead atoms. The molecule has 0 heterocycles. The Morgan fingerprint density at radius 3 is 2.32 bits per heavy atom. The number of aliphatic carboxylic acids is 1. The third-order valence-corrected chi connectivity index (χ3v) is 3.25. The van der Waals surface area contributed by atoms with E-state index in [1.54, 1.807) is 7.11 Å². The molecule has 2 amide bonds. The van der Waals surface area contributed by atoms with Crippen molar-refractivity contribution in [1.29, 1.82) is 0 Å². The van der Waals surface area contributed by atoms with E-state index in [0.717, 1.165) is 17.7 Å². The van der Waals surface area contributed by atoms with Crippen LogP contribution in [-0.2, 0) is 4.79 Å². The smallest absolute Gasteiger partial charge is 0.548 e. The maximum Gasteiger partial charge on any atom is 1.00 e. The summed E-state index contributed by atoms with van der Waals surface area (Å²) in [5.41, 5.74) is 1.15. The van der Waals surface area contributed by atoms with E-state index >= 15 is 0 Å². The van der Waals surface area contributed by atoms with E-state index in [9.17, 15) is 14.7 Å². The molecule has 0 saturated heterocycles. The number of carbonyl (C=O) groups excluding carboxylic acids is 2. The number of carboxylic acid groups (broad SMARTS) is 1. The Labute approximate surface area is 173 Å². The first-order valence-electron chi connectivity index (χ1n) is 6.83. The fourth-order valence-electron chi connectivity index (χ4n) is 1.81. The summed E-state index contributed by atoms with van der Waals surface area (Å²) in [4.78, 5) is 21.9. The molecule has 2 atom stereocenters. The van der Waals surface area contributed by atoms with E-state index in [4.69, 9.17) is 4.74 Å². The Bertz CT molecular complexity index is 479. The molecular weight excluding hydrogens is 311 g/mol. The summed E-state index contributed by atoms with van der Waals surface area (Å²) in [7, 11) is 1.62. The van der Waals surface area contributed by atoms with Crippen molar-refractivity contribution in [3.63, 3.8) is 0 Å². The van der Waals surface area contributed by atoms with Crippen LogP contribution >= 0.6 is 0 Å². The molecule has 0 aliphatic rings. The van der Waals surface area contributed by atoms with Gasteiger partial charge in [0.2, 0.25) is 0 Å². The number of carbonyl (C=O) groups is 2. The number of carboxylic acids is 1. The van der Waals surface area contributed by atoms with Crippen molar-refractivity contribution in [1.82, 2.24) is 10.6 Å². The first kappa shape index (κ1) is 21.4. The number of amides is 2. The Morgan fingerprint density at radius 2 is 1.82 bits per heavy atom. The van der Waals surface area contributed by atoms with Crippen molar-refractivity contribution in [2.75, 3.05) is 13.7 Å². The van der Waals surface area contributed by atoms with Crippen molar-refractivity contribution < 1.29 is 70.8 Å². The van der Waals surface area contributed by atoms with Crippen LogP contribution in [-0.4, -0.2) is 31.7 Å². The van der Waals surface area contributed by atoms with Gasteiger partial charge >= 0.3 is 57.4 Å². The molecule has 0 aliphatic heterocycles. The van der Waals surface area contributed by atoms with Crippen LogP contribution in [0.4, 0.5) is 4.79 Å². The average Bonchev–Trinajstić information content (AvgIpc) is 2.47. The van der Waals surface area contributed by atoms with Gasteiger partial charge in [-0.05, 0) is 37.0 Å². The summed E-state index contributed by atoms with van der Waals surface area (Å²) in [6, 6.07) is 6.25. The summed E-state index contributed by atoms with van der Waals surface area (Å²) in [5.74, 6) is -0.230. The number of nitrogens with one attached hydrogen (secondary N) is 2. The van der Waals surface area contributed by atoms with E-state index < -0.39 is 18.0 Å². The van der Waals surface area contributed by atoms with Crippen LogP contribution in [0.25, 0.3) is 0 Å². The molecule has 0 spiro atoms. The van der Waals surface area contributed by atoms with E-state index in [2.05, 4.69) is 17.6 Å². The molecule has 1 rings (SSSR count). The van der Waals surface area contributed by atoms with Gasteiger partial charge in [0.1, 0.15) is 5.75 Å². The molecule has 0 aromatic heterocycles. The molecule has 7 heteroatoms. The molecule has 116 valence electrons. The summed E-state index contributed by atoms with van der Waals surface area (Å²) >= 11 is 0. The molecule has 2 N–H and O–H groups in total. The molecular formula is C15H21KN2O4. The third-order valence-electron chi connectivity index (χ3n) is 3.25. The first-order valence-corrected chi connectivity index (χ1v) is 6.83. The van der Waals surface area contributed by atoms with E-state index in [1.165, 1.54) is 6.92 Å². The fourth-order valence-corrected chi connectivity index (χ4v) is 1.81. The number of methoxy groups -OCH3 is 1. The monoisotopic (exact) mass is 332 g/mol. The zero-order chi connectivity index (χ0) is 15.8.